The summed E-state index contributed by atoms with van der Waals surface area (Å²) in [5, 5.41) is 1.60. The van der Waals surface area contributed by atoms with Gasteiger partial charge in [-0.2, -0.15) is 13.2 Å². The summed E-state index contributed by atoms with van der Waals surface area (Å²) in [5.74, 6) is -3.20. The van der Waals surface area contributed by atoms with Crippen LogP contribution in [-0.4, -0.2) is 23.7 Å². The van der Waals surface area contributed by atoms with Gasteiger partial charge in [0, 0.05) is 0 Å². The summed E-state index contributed by atoms with van der Waals surface area (Å²) in [6.45, 7) is 4.45. The lowest BCUT2D eigenvalue weighted by molar-refractivity contribution is -0.139. The van der Waals surface area contributed by atoms with E-state index in [0.29, 0.717) is 0 Å². The first-order valence-corrected chi connectivity index (χ1v) is 10.2. The van der Waals surface area contributed by atoms with Crippen molar-refractivity contribution in [2.45, 2.75) is 38.3 Å². The average Bonchev–Trinajstić information content (AvgIpc) is 2.59. The van der Waals surface area contributed by atoms with Gasteiger partial charge in [0.1, 0.15) is 17.1 Å². The third kappa shape index (κ3) is 7.02. The first-order chi connectivity index (χ1) is 13.4. The molecule has 2 aromatic carbocycles. The number of carbonyl (C=O) groups excluding carboxylic acids is 1. The highest BCUT2D eigenvalue weighted by atomic mass is 31.2. The Hall–Kier alpha value is -2.67. The molecule has 0 spiro atoms. The van der Waals surface area contributed by atoms with Crippen LogP contribution in [0, 0.1) is 0 Å². The molecule has 0 fully saturated rings. The Morgan fingerprint density at radius 1 is 0.897 bits per heavy atom. The molecule has 0 aromatic heterocycles. The van der Waals surface area contributed by atoms with Crippen molar-refractivity contribution in [1.29, 1.82) is 0 Å². The predicted molar refractivity (Wildman–Crippen MR) is 101 cm³/mol. The number of hydrogen-bond donors (Lipinski definition) is 1. The fraction of sp³-hybridized carbons (Fsp3) is 0.316. The Kier molecular flexibility index (Phi) is 6.85. The molecule has 1 unspecified atom stereocenters. The maximum atomic E-state index is 13.8. The van der Waals surface area contributed by atoms with Crippen LogP contribution >= 0.6 is 7.60 Å². The minimum Gasteiger partial charge on any atom is -0.444 e. The molecule has 0 saturated carbocycles. The van der Waals surface area contributed by atoms with E-state index in [9.17, 15) is 22.5 Å². The van der Waals surface area contributed by atoms with E-state index in [1.54, 1.807) is 17.4 Å². The molecule has 0 radical (unpaired) electrons. The number of ether oxygens (including phenoxy) is 1. The number of rotatable bonds is 6. The van der Waals surface area contributed by atoms with Crippen LogP contribution in [0.25, 0.3) is 0 Å². The zero-order chi connectivity index (χ0) is 21.7. The molecule has 0 heterocycles. The maximum absolute atomic E-state index is 13.8. The van der Waals surface area contributed by atoms with Gasteiger partial charge in [0.2, 0.25) is 0 Å². The van der Waals surface area contributed by atoms with Gasteiger partial charge in [-0.05, 0) is 45.0 Å². The molecule has 1 amide bonds. The quantitative estimate of drug-likeness (QED) is 0.590. The van der Waals surface area contributed by atoms with E-state index >= 15 is 0 Å². The zero-order valence-electron chi connectivity index (χ0n) is 16.0. The van der Waals surface area contributed by atoms with Gasteiger partial charge < -0.3 is 13.8 Å². The molecule has 0 aliphatic heterocycles. The van der Waals surface area contributed by atoms with Gasteiger partial charge in [0.05, 0.1) is 0 Å². The van der Waals surface area contributed by atoms with Crippen molar-refractivity contribution in [3.63, 3.8) is 0 Å². The first-order valence-electron chi connectivity index (χ1n) is 8.54. The SMILES string of the molecule is CC(C)(C)OC(=O)NC(C(F)(F)F)P(=O)(Oc1ccccc1)Oc1ccccc1. The van der Waals surface area contributed by atoms with E-state index in [2.05, 4.69) is 0 Å². The van der Waals surface area contributed by atoms with Gasteiger partial charge in [0.25, 0.3) is 5.78 Å². The van der Waals surface area contributed by atoms with Gasteiger partial charge in [-0.25, -0.2) is 9.36 Å². The molecule has 1 N–H and O–H groups in total. The Morgan fingerprint density at radius 2 is 1.31 bits per heavy atom. The molecule has 29 heavy (non-hydrogen) atoms. The summed E-state index contributed by atoms with van der Waals surface area (Å²) >= 11 is 0. The molecule has 2 rings (SSSR count). The van der Waals surface area contributed by atoms with Crippen molar-refractivity contribution in [3.8, 4) is 11.5 Å². The van der Waals surface area contributed by atoms with Crippen molar-refractivity contribution < 1.29 is 36.3 Å². The summed E-state index contributed by atoms with van der Waals surface area (Å²) < 4.78 is 70.0. The highest BCUT2D eigenvalue weighted by Gasteiger charge is 2.58. The maximum Gasteiger partial charge on any atom is 0.462 e. The van der Waals surface area contributed by atoms with Crippen LogP contribution in [-0.2, 0) is 9.30 Å². The Labute approximate surface area is 166 Å². The third-order valence-electron chi connectivity index (χ3n) is 3.23. The summed E-state index contributed by atoms with van der Waals surface area (Å²) in [5.41, 5.74) is -1.06. The smallest absolute Gasteiger partial charge is 0.444 e. The number of para-hydroxylation sites is 2. The second-order valence-corrected chi connectivity index (χ2v) is 8.90. The van der Waals surface area contributed by atoms with Gasteiger partial charge in [0.15, 0.2) is 0 Å². The number of alkyl carbamates (subject to hydrolysis) is 1. The standard InChI is InChI=1S/C19H21F3NO5P/c1-18(2,3)26-17(24)23-16(19(20,21)22)29(25,27-14-10-6-4-7-11-14)28-15-12-8-5-9-13-15/h4-13,16H,1-3H3,(H,23,24). The number of benzene rings is 2. The lowest BCUT2D eigenvalue weighted by Crippen LogP contribution is -2.48. The minimum atomic E-state index is -5.16. The van der Waals surface area contributed by atoms with Crippen LogP contribution in [0.15, 0.2) is 60.7 Å². The topological polar surface area (TPSA) is 73.9 Å². The van der Waals surface area contributed by atoms with E-state index in [1.165, 1.54) is 69.3 Å². The number of amides is 1. The molecule has 10 heteroatoms. The van der Waals surface area contributed by atoms with Crippen molar-refractivity contribution in [1.82, 2.24) is 5.32 Å². The monoisotopic (exact) mass is 431 g/mol. The van der Waals surface area contributed by atoms with Crippen LogP contribution < -0.4 is 14.4 Å². The molecular weight excluding hydrogens is 410 g/mol. The summed E-state index contributed by atoms with van der Waals surface area (Å²) in [4.78, 5) is 12.0. The largest absolute Gasteiger partial charge is 0.462 e. The summed E-state index contributed by atoms with van der Waals surface area (Å²) in [7, 11) is -5.05. The number of nitrogens with one attached hydrogen (secondary N) is 1. The number of halogens is 3. The molecule has 1 atom stereocenters. The molecule has 2 aromatic rings. The molecule has 0 aliphatic carbocycles. The normalized spacial score (nSPS) is 13.3. The minimum absolute atomic E-state index is 0.119. The molecule has 6 nitrogen and oxygen atoms in total. The molecular formula is C19H21F3NO5P. The van der Waals surface area contributed by atoms with Gasteiger partial charge in [-0.3, -0.25) is 5.32 Å². The van der Waals surface area contributed by atoms with E-state index in [1.807, 2.05) is 0 Å². The third-order valence-corrected chi connectivity index (χ3v) is 5.22. The van der Waals surface area contributed by atoms with Crippen LogP contribution in [0.1, 0.15) is 20.8 Å². The predicted octanol–water partition coefficient (Wildman–Crippen LogP) is 5.75. The number of hydrogen-bond acceptors (Lipinski definition) is 5. The fourth-order valence-corrected chi connectivity index (χ4v) is 3.84. The van der Waals surface area contributed by atoms with Gasteiger partial charge in [-0.1, -0.05) is 36.4 Å². The summed E-state index contributed by atoms with van der Waals surface area (Å²) in [6.07, 6.45) is -6.57. The zero-order valence-corrected chi connectivity index (χ0v) is 16.9. The number of alkyl halides is 3. The van der Waals surface area contributed by atoms with Crippen molar-refractivity contribution >= 4 is 13.7 Å². The van der Waals surface area contributed by atoms with Crippen molar-refractivity contribution in [2.75, 3.05) is 0 Å². The highest BCUT2D eigenvalue weighted by molar-refractivity contribution is 7.55. The molecule has 0 aliphatic rings. The molecule has 158 valence electrons. The Balaban J connectivity index is 2.43. The fourth-order valence-electron chi connectivity index (χ4n) is 2.14. The van der Waals surface area contributed by atoms with Crippen molar-refractivity contribution in [3.05, 3.63) is 60.7 Å². The van der Waals surface area contributed by atoms with E-state index in [0.717, 1.165) is 0 Å². The van der Waals surface area contributed by atoms with Crippen molar-refractivity contribution in [2.24, 2.45) is 0 Å². The summed E-state index contributed by atoms with van der Waals surface area (Å²) in [6, 6.07) is 14.5. The van der Waals surface area contributed by atoms with Crippen LogP contribution in [0.4, 0.5) is 18.0 Å². The average molecular weight is 431 g/mol. The van der Waals surface area contributed by atoms with Crippen LogP contribution in [0.2, 0.25) is 0 Å². The lowest BCUT2D eigenvalue weighted by atomic mass is 10.2. The Bertz CT molecular complexity index is 808. The lowest BCUT2D eigenvalue weighted by Gasteiger charge is -2.30. The van der Waals surface area contributed by atoms with E-state index in [-0.39, 0.29) is 11.5 Å². The van der Waals surface area contributed by atoms with Crippen LogP contribution in [0.5, 0.6) is 11.5 Å². The Morgan fingerprint density at radius 3 is 1.66 bits per heavy atom. The second-order valence-electron chi connectivity index (χ2n) is 6.94. The first kappa shape index (κ1) is 22.6. The highest BCUT2D eigenvalue weighted by Crippen LogP contribution is 2.56. The second kappa shape index (κ2) is 8.78. The number of carbonyl (C=O) groups is 1. The molecule has 0 saturated heterocycles. The van der Waals surface area contributed by atoms with Gasteiger partial charge in [-0.15, -0.1) is 0 Å². The van der Waals surface area contributed by atoms with Gasteiger partial charge >= 0.3 is 19.9 Å². The van der Waals surface area contributed by atoms with E-state index < -0.39 is 31.2 Å². The van der Waals surface area contributed by atoms with Crippen LogP contribution in [0.3, 0.4) is 0 Å². The van der Waals surface area contributed by atoms with E-state index in [4.69, 9.17) is 13.8 Å². The molecule has 0 bridgehead atoms.